The van der Waals surface area contributed by atoms with Crippen LogP contribution in [0, 0.1) is 18.6 Å². The standard InChI is InChI=1S/C23H21F2NOS/c1-15-4-3-5-21(14-15)26-23(27)16(2)28-22(17-6-10-19(24)11-7-17)18-8-12-20(25)13-9-18/h3-14,16,22H,1-2H3,(H,26,27)/t16-/m1/s1. The molecular weight excluding hydrogens is 376 g/mol. The van der Waals surface area contributed by atoms with E-state index in [0.717, 1.165) is 22.4 Å². The molecule has 0 heterocycles. The van der Waals surface area contributed by atoms with Gasteiger partial charge in [-0.1, -0.05) is 36.4 Å². The molecule has 0 saturated heterocycles. The van der Waals surface area contributed by atoms with E-state index < -0.39 is 0 Å². The third-order valence-electron chi connectivity index (χ3n) is 4.34. The summed E-state index contributed by atoms with van der Waals surface area (Å²) in [6, 6.07) is 20.0. The average molecular weight is 397 g/mol. The first-order chi connectivity index (χ1) is 13.4. The Morgan fingerprint density at radius 1 is 0.893 bits per heavy atom. The first kappa shape index (κ1) is 20.1. The SMILES string of the molecule is Cc1cccc(NC(=O)[C@@H](C)SC(c2ccc(F)cc2)c2ccc(F)cc2)c1. The fourth-order valence-corrected chi connectivity index (χ4v) is 4.08. The molecule has 0 bridgehead atoms. The van der Waals surface area contributed by atoms with Gasteiger partial charge in [-0.3, -0.25) is 4.79 Å². The van der Waals surface area contributed by atoms with Crippen LogP contribution >= 0.6 is 11.8 Å². The summed E-state index contributed by atoms with van der Waals surface area (Å²) < 4.78 is 26.7. The number of nitrogens with one attached hydrogen (secondary N) is 1. The van der Waals surface area contributed by atoms with E-state index in [1.807, 2.05) is 38.1 Å². The molecule has 2 nitrogen and oxygen atoms in total. The maximum Gasteiger partial charge on any atom is 0.237 e. The van der Waals surface area contributed by atoms with Crippen LogP contribution in [0.4, 0.5) is 14.5 Å². The van der Waals surface area contributed by atoms with Gasteiger partial charge in [0.2, 0.25) is 5.91 Å². The lowest BCUT2D eigenvalue weighted by Crippen LogP contribution is -2.23. The van der Waals surface area contributed by atoms with Crippen molar-refractivity contribution in [2.75, 3.05) is 5.32 Å². The van der Waals surface area contributed by atoms with Crippen molar-refractivity contribution in [3.05, 3.63) is 101 Å². The second-order valence-electron chi connectivity index (χ2n) is 6.62. The Bertz CT molecular complexity index is 896. The Morgan fingerprint density at radius 3 is 1.93 bits per heavy atom. The highest BCUT2D eigenvalue weighted by Crippen LogP contribution is 2.38. The minimum Gasteiger partial charge on any atom is -0.325 e. The van der Waals surface area contributed by atoms with Crippen molar-refractivity contribution >= 4 is 23.4 Å². The molecule has 0 spiro atoms. The highest BCUT2D eigenvalue weighted by atomic mass is 32.2. The maximum absolute atomic E-state index is 13.4. The smallest absolute Gasteiger partial charge is 0.237 e. The van der Waals surface area contributed by atoms with E-state index in [4.69, 9.17) is 0 Å². The third kappa shape index (κ3) is 5.20. The van der Waals surface area contributed by atoms with E-state index in [9.17, 15) is 13.6 Å². The lowest BCUT2D eigenvalue weighted by atomic mass is 10.0. The topological polar surface area (TPSA) is 29.1 Å². The molecule has 144 valence electrons. The van der Waals surface area contributed by atoms with Gasteiger partial charge in [-0.25, -0.2) is 8.78 Å². The molecule has 0 aliphatic rings. The summed E-state index contributed by atoms with van der Waals surface area (Å²) in [5.41, 5.74) is 3.52. The Labute approximate surface area is 168 Å². The molecule has 3 aromatic carbocycles. The molecule has 1 amide bonds. The molecule has 3 rings (SSSR count). The number of carbonyl (C=O) groups is 1. The first-order valence-corrected chi connectivity index (χ1v) is 9.90. The molecule has 0 radical (unpaired) electrons. The third-order valence-corrected chi connectivity index (χ3v) is 5.78. The number of amides is 1. The summed E-state index contributed by atoms with van der Waals surface area (Å²) >= 11 is 1.44. The monoisotopic (exact) mass is 397 g/mol. The maximum atomic E-state index is 13.4. The molecule has 0 aliphatic heterocycles. The van der Waals surface area contributed by atoms with Gasteiger partial charge in [-0.2, -0.15) is 0 Å². The second-order valence-corrected chi connectivity index (χ2v) is 8.07. The Balaban J connectivity index is 1.80. The van der Waals surface area contributed by atoms with Gasteiger partial charge >= 0.3 is 0 Å². The summed E-state index contributed by atoms with van der Waals surface area (Å²) in [5.74, 6) is -0.765. The van der Waals surface area contributed by atoms with Gasteiger partial charge in [0.15, 0.2) is 0 Å². The number of thioether (sulfide) groups is 1. The quantitative estimate of drug-likeness (QED) is 0.543. The van der Waals surface area contributed by atoms with Crippen molar-refractivity contribution in [1.82, 2.24) is 0 Å². The molecule has 5 heteroatoms. The number of benzene rings is 3. The van der Waals surface area contributed by atoms with Gasteiger partial charge in [-0.05, 0) is 66.9 Å². The molecule has 0 saturated carbocycles. The van der Waals surface area contributed by atoms with Crippen LogP contribution in [0.3, 0.4) is 0 Å². The molecule has 0 aromatic heterocycles. The number of anilines is 1. The van der Waals surface area contributed by atoms with Crippen LogP contribution in [0.5, 0.6) is 0 Å². The van der Waals surface area contributed by atoms with E-state index in [2.05, 4.69) is 5.32 Å². The summed E-state index contributed by atoms with van der Waals surface area (Å²) in [7, 11) is 0. The van der Waals surface area contributed by atoms with Crippen molar-refractivity contribution in [2.45, 2.75) is 24.3 Å². The molecule has 3 aromatic rings. The van der Waals surface area contributed by atoms with Crippen LogP contribution in [-0.4, -0.2) is 11.2 Å². The summed E-state index contributed by atoms with van der Waals surface area (Å²) in [6.45, 7) is 3.79. The average Bonchev–Trinajstić information content (AvgIpc) is 2.67. The predicted molar refractivity (Wildman–Crippen MR) is 112 cm³/mol. The van der Waals surface area contributed by atoms with Gasteiger partial charge in [0.25, 0.3) is 0 Å². The van der Waals surface area contributed by atoms with Crippen molar-refractivity contribution in [1.29, 1.82) is 0 Å². The van der Waals surface area contributed by atoms with Gasteiger partial charge in [0, 0.05) is 5.69 Å². The largest absolute Gasteiger partial charge is 0.325 e. The molecular formula is C23H21F2NOS. The number of hydrogen-bond donors (Lipinski definition) is 1. The zero-order chi connectivity index (χ0) is 20.1. The summed E-state index contributed by atoms with van der Waals surface area (Å²) in [5, 5.41) is 2.33. The lowest BCUT2D eigenvalue weighted by Gasteiger charge is -2.22. The van der Waals surface area contributed by atoms with Gasteiger partial charge < -0.3 is 5.32 Å². The Kier molecular flexibility index (Phi) is 6.47. The van der Waals surface area contributed by atoms with Crippen molar-refractivity contribution in [3.8, 4) is 0 Å². The van der Waals surface area contributed by atoms with E-state index in [-0.39, 0.29) is 28.0 Å². The van der Waals surface area contributed by atoms with E-state index in [1.54, 1.807) is 24.3 Å². The van der Waals surface area contributed by atoms with Crippen LogP contribution in [-0.2, 0) is 4.79 Å². The van der Waals surface area contributed by atoms with E-state index >= 15 is 0 Å². The molecule has 1 N–H and O–H groups in total. The fraction of sp³-hybridized carbons (Fsp3) is 0.174. The molecule has 0 unspecified atom stereocenters. The van der Waals surface area contributed by atoms with Crippen LogP contribution in [0.15, 0.2) is 72.8 Å². The lowest BCUT2D eigenvalue weighted by molar-refractivity contribution is -0.115. The van der Waals surface area contributed by atoms with Crippen molar-refractivity contribution in [2.24, 2.45) is 0 Å². The van der Waals surface area contributed by atoms with Gasteiger partial charge in [0.05, 0.1) is 10.5 Å². The van der Waals surface area contributed by atoms with Gasteiger partial charge in [0.1, 0.15) is 11.6 Å². The molecule has 28 heavy (non-hydrogen) atoms. The summed E-state index contributed by atoms with van der Waals surface area (Å²) in [6.07, 6.45) is 0. The van der Waals surface area contributed by atoms with Crippen LogP contribution in [0.25, 0.3) is 0 Å². The van der Waals surface area contributed by atoms with Crippen LogP contribution < -0.4 is 5.32 Å². The number of aryl methyl sites for hydroxylation is 1. The minimum atomic E-state index is -0.374. The number of hydrogen-bond acceptors (Lipinski definition) is 2. The predicted octanol–water partition coefficient (Wildman–Crippen LogP) is 6.12. The zero-order valence-corrected chi connectivity index (χ0v) is 16.5. The molecule has 1 atom stereocenters. The van der Waals surface area contributed by atoms with Crippen molar-refractivity contribution in [3.63, 3.8) is 0 Å². The Hall–Kier alpha value is -2.66. The molecule has 0 aliphatic carbocycles. The second kappa shape index (κ2) is 9.02. The number of carbonyl (C=O) groups excluding carboxylic acids is 1. The summed E-state index contributed by atoms with van der Waals surface area (Å²) in [4.78, 5) is 12.7. The Morgan fingerprint density at radius 2 is 1.43 bits per heavy atom. The van der Waals surface area contributed by atoms with Crippen molar-refractivity contribution < 1.29 is 13.6 Å². The minimum absolute atomic E-state index is 0.121. The van der Waals surface area contributed by atoms with E-state index in [0.29, 0.717) is 0 Å². The van der Waals surface area contributed by atoms with E-state index in [1.165, 1.54) is 36.0 Å². The highest BCUT2D eigenvalue weighted by molar-refractivity contribution is 8.01. The first-order valence-electron chi connectivity index (χ1n) is 8.96. The number of halogens is 2. The zero-order valence-electron chi connectivity index (χ0n) is 15.7. The van der Waals surface area contributed by atoms with Crippen LogP contribution in [0.2, 0.25) is 0 Å². The normalized spacial score (nSPS) is 12.0. The van der Waals surface area contributed by atoms with Gasteiger partial charge in [-0.15, -0.1) is 11.8 Å². The van der Waals surface area contributed by atoms with Crippen LogP contribution in [0.1, 0.15) is 28.9 Å². The number of rotatable bonds is 6. The molecule has 0 fully saturated rings. The highest BCUT2D eigenvalue weighted by Gasteiger charge is 2.23. The fourth-order valence-electron chi connectivity index (χ4n) is 2.86.